The summed E-state index contributed by atoms with van der Waals surface area (Å²) >= 11 is 0. The van der Waals surface area contributed by atoms with E-state index in [1.54, 1.807) is 0 Å². The summed E-state index contributed by atoms with van der Waals surface area (Å²) < 4.78 is 11.9. The summed E-state index contributed by atoms with van der Waals surface area (Å²) in [5.74, 6) is 0.793. The molecule has 1 aliphatic rings. The van der Waals surface area contributed by atoms with Crippen LogP contribution in [0.2, 0.25) is 12.6 Å². The van der Waals surface area contributed by atoms with Crippen molar-refractivity contribution in [2.45, 2.75) is 70.9 Å². The average molecular weight is 258 g/mol. The van der Waals surface area contributed by atoms with Crippen molar-refractivity contribution in [2.24, 2.45) is 5.92 Å². The summed E-state index contributed by atoms with van der Waals surface area (Å²) in [6.45, 7) is 5.40. The SMILES string of the molecule is CCCC[Si](C)(OC)OCC1CCCCCC1. The number of rotatable bonds is 7. The summed E-state index contributed by atoms with van der Waals surface area (Å²) in [6, 6.07) is 1.15. The molecule has 0 N–H and O–H groups in total. The zero-order valence-electron chi connectivity index (χ0n) is 12.0. The minimum absolute atomic E-state index is 0.793. The van der Waals surface area contributed by atoms with Gasteiger partial charge < -0.3 is 8.85 Å². The van der Waals surface area contributed by atoms with Crippen molar-refractivity contribution in [3.05, 3.63) is 0 Å². The fraction of sp³-hybridized carbons (Fsp3) is 1.00. The van der Waals surface area contributed by atoms with E-state index in [-0.39, 0.29) is 0 Å². The van der Waals surface area contributed by atoms with E-state index in [9.17, 15) is 0 Å². The van der Waals surface area contributed by atoms with Gasteiger partial charge >= 0.3 is 8.56 Å². The van der Waals surface area contributed by atoms with Gasteiger partial charge in [-0.2, -0.15) is 0 Å². The molecule has 1 rings (SSSR count). The molecule has 0 bridgehead atoms. The normalized spacial score (nSPS) is 22.1. The van der Waals surface area contributed by atoms with E-state index in [0.29, 0.717) is 0 Å². The van der Waals surface area contributed by atoms with Gasteiger partial charge in [-0.1, -0.05) is 45.4 Å². The lowest BCUT2D eigenvalue weighted by atomic mass is 10.0. The predicted molar refractivity (Wildman–Crippen MR) is 75.5 cm³/mol. The lowest BCUT2D eigenvalue weighted by Crippen LogP contribution is -2.38. The van der Waals surface area contributed by atoms with Gasteiger partial charge in [-0.05, 0) is 31.4 Å². The number of unbranched alkanes of at least 4 members (excludes halogenated alkanes) is 1. The molecule has 0 aromatic carbocycles. The molecule has 3 heteroatoms. The first-order valence-corrected chi connectivity index (χ1v) is 9.91. The Morgan fingerprint density at radius 1 is 1.12 bits per heavy atom. The standard InChI is InChI=1S/C14H30O2Si/c1-4-5-12-17(3,15-2)16-13-14-10-8-6-7-9-11-14/h14H,4-13H2,1-3H3. The quantitative estimate of drug-likeness (QED) is 0.495. The summed E-state index contributed by atoms with van der Waals surface area (Å²) in [5.41, 5.74) is 0. The fourth-order valence-corrected chi connectivity index (χ4v) is 4.61. The summed E-state index contributed by atoms with van der Waals surface area (Å²) in [6.07, 6.45) is 10.8. The van der Waals surface area contributed by atoms with Gasteiger partial charge in [0.1, 0.15) is 0 Å². The minimum atomic E-state index is -1.84. The Morgan fingerprint density at radius 3 is 2.29 bits per heavy atom. The molecule has 0 heterocycles. The molecule has 17 heavy (non-hydrogen) atoms. The van der Waals surface area contributed by atoms with Crippen LogP contribution in [0.3, 0.4) is 0 Å². The van der Waals surface area contributed by atoms with E-state index < -0.39 is 8.56 Å². The summed E-state index contributed by atoms with van der Waals surface area (Å²) in [7, 11) is -0.0164. The van der Waals surface area contributed by atoms with Gasteiger partial charge in [0.15, 0.2) is 0 Å². The van der Waals surface area contributed by atoms with Crippen LogP contribution in [0.25, 0.3) is 0 Å². The van der Waals surface area contributed by atoms with E-state index in [1.165, 1.54) is 51.4 Å². The van der Waals surface area contributed by atoms with Crippen LogP contribution in [-0.4, -0.2) is 22.3 Å². The molecule has 0 radical (unpaired) electrons. The van der Waals surface area contributed by atoms with Crippen molar-refractivity contribution < 1.29 is 8.85 Å². The molecule has 0 spiro atoms. The second kappa shape index (κ2) is 8.28. The maximum absolute atomic E-state index is 6.19. The summed E-state index contributed by atoms with van der Waals surface area (Å²) in [5, 5.41) is 0. The second-order valence-electron chi connectivity index (χ2n) is 5.61. The van der Waals surface area contributed by atoms with Crippen LogP contribution in [0.4, 0.5) is 0 Å². The molecular formula is C14H30O2Si. The van der Waals surface area contributed by atoms with Crippen LogP contribution < -0.4 is 0 Å². The molecule has 1 atom stereocenters. The maximum atomic E-state index is 6.19. The topological polar surface area (TPSA) is 18.5 Å². The van der Waals surface area contributed by atoms with Gasteiger partial charge in [-0.25, -0.2) is 0 Å². The van der Waals surface area contributed by atoms with Crippen LogP contribution in [0, 0.1) is 5.92 Å². The molecule has 1 aliphatic carbocycles. The first-order chi connectivity index (χ1) is 8.20. The van der Waals surface area contributed by atoms with E-state index in [0.717, 1.165) is 18.6 Å². The fourth-order valence-electron chi connectivity index (χ4n) is 2.56. The van der Waals surface area contributed by atoms with E-state index in [2.05, 4.69) is 13.5 Å². The first-order valence-electron chi connectivity index (χ1n) is 7.39. The molecule has 2 nitrogen and oxygen atoms in total. The van der Waals surface area contributed by atoms with E-state index >= 15 is 0 Å². The lowest BCUT2D eigenvalue weighted by molar-refractivity contribution is 0.162. The molecule has 0 aromatic rings. The van der Waals surface area contributed by atoms with Gasteiger partial charge in [0.25, 0.3) is 0 Å². The Balaban J connectivity index is 2.29. The Hall–Kier alpha value is 0.137. The van der Waals surface area contributed by atoms with E-state index in [4.69, 9.17) is 8.85 Å². The Kier molecular flexibility index (Phi) is 7.40. The van der Waals surface area contributed by atoms with E-state index in [1.807, 2.05) is 7.11 Å². The Morgan fingerprint density at radius 2 is 1.76 bits per heavy atom. The van der Waals surface area contributed by atoms with Crippen LogP contribution in [-0.2, 0) is 8.85 Å². The first kappa shape index (κ1) is 15.2. The largest absolute Gasteiger partial charge is 0.398 e. The van der Waals surface area contributed by atoms with Gasteiger partial charge in [0, 0.05) is 13.7 Å². The number of hydrogen-bond acceptors (Lipinski definition) is 2. The predicted octanol–water partition coefficient (Wildman–Crippen LogP) is 4.49. The Labute approximate surface area is 108 Å². The van der Waals surface area contributed by atoms with Crippen molar-refractivity contribution in [1.82, 2.24) is 0 Å². The summed E-state index contributed by atoms with van der Waals surface area (Å²) in [4.78, 5) is 0. The minimum Gasteiger partial charge on any atom is -0.398 e. The number of hydrogen-bond donors (Lipinski definition) is 0. The third-order valence-corrected chi connectivity index (χ3v) is 6.92. The third kappa shape index (κ3) is 6.02. The van der Waals surface area contributed by atoms with Gasteiger partial charge in [-0.15, -0.1) is 0 Å². The van der Waals surface area contributed by atoms with Gasteiger partial charge in [0.05, 0.1) is 0 Å². The van der Waals surface area contributed by atoms with Crippen molar-refractivity contribution in [1.29, 1.82) is 0 Å². The molecular weight excluding hydrogens is 228 g/mol. The van der Waals surface area contributed by atoms with Crippen LogP contribution >= 0.6 is 0 Å². The molecule has 0 saturated heterocycles. The molecule has 102 valence electrons. The second-order valence-corrected chi connectivity index (χ2v) is 9.07. The third-order valence-electron chi connectivity index (χ3n) is 4.02. The molecule has 0 aliphatic heterocycles. The monoisotopic (exact) mass is 258 g/mol. The van der Waals surface area contributed by atoms with Crippen molar-refractivity contribution in [3.8, 4) is 0 Å². The van der Waals surface area contributed by atoms with Crippen molar-refractivity contribution in [2.75, 3.05) is 13.7 Å². The van der Waals surface area contributed by atoms with Crippen LogP contribution in [0.15, 0.2) is 0 Å². The average Bonchev–Trinajstić information content (AvgIpc) is 2.62. The highest BCUT2D eigenvalue weighted by atomic mass is 28.4. The maximum Gasteiger partial charge on any atom is 0.334 e. The molecule has 0 aromatic heterocycles. The molecule has 1 saturated carbocycles. The van der Waals surface area contributed by atoms with Gasteiger partial charge in [0.2, 0.25) is 0 Å². The van der Waals surface area contributed by atoms with Crippen molar-refractivity contribution in [3.63, 3.8) is 0 Å². The molecule has 1 unspecified atom stereocenters. The molecule has 0 amide bonds. The zero-order chi connectivity index (χ0) is 12.6. The highest BCUT2D eigenvalue weighted by Crippen LogP contribution is 2.25. The van der Waals surface area contributed by atoms with Crippen LogP contribution in [0.5, 0.6) is 0 Å². The van der Waals surface area contributed by atoms with Crippen molar-refractivity contribution >= 4 is 8.56 Å². The zero-order valence-corrected chi connectivity index (χ0v) is 13.0. The highest BCUT2D eigenvalue weighted by molar-refractivity contribution is 6.65. The van der Waals surface area contributed by atoms with Gasteiger partial charge in [-0.3, -0.25) is 0 Å². The lowest BCUT2D eigenvalue weighted by Gasteiger charge is -2.27. The smallest absolute Gasteiger partial charge is 0.334 e. The Bertz CT molecular complexity index is 191. The van der Waals surface area contributed by atoms with Crippen LogP contribution in [0.1, 0.15) is 58.3 Å². The highest BCUT2D eigenvalue weighted by Gasteiger charge is 2.30. The molecule has 1 fully saturated rings.